The Kier molecular flexibility index (Phi) is 4.61. The van der Waals surface area contributed by atoms with Crippen LogP contribution in [0.2, 0.25) is 0 Å². The Morgan fingerprint density at radius 2 is 2.28 bits per heavy atom. The summed E-state index contributed by atoms with van der Waals surface area (Å²) in [5.41, 5.74) is 4.24. The van der Waals surface area contributed by atoms with E-state index in [1.165, 1.54) is 16.8 Å². The maximum Gasteiger partial charge on any atom is 0.0556 e. The number of hydrogen-bond acceptors (Lipinski definition) is 3. The first-order valence-electron chi connectivity index (χ1n) is 6.94. The van der Waals surface area contributed by atoms with Crippen LogP contribution in [-0.4, -0.2) is 37.4 Å². The fraction of sp³-hybridized carbons (Fsp3) is 0.600. The van der Waals surface area contributed by atoms with Crippen LogP contribution >= 0.6 is 0 Å². The van der Waals surface area contributed by atoms with E-state index in [1.54, 1.807) is 0 Å². The molecule has 1 aliphatic heterocycles. The molecule has 1 saturated heterocycles. The van der Waals surface area contributed by atoms with Gasteiger partial charge in [-0.25, -0.2) is 0 Å². The Morgan fingerprint density at radius 3 is 3.00 bits per heavy atom. The molecule has 2 N–H and O–H groups in total. The van der Waals surface area contributed by atoms with Crippen molar-refractivity contribution in [2.75, 3.05) is 31.1 Å². The second-order valence-electron chi connectivity index (χ2n) is 5.05. The summed E-state index contributed by atoms with van der Waals surface area (Å²) in [6.07, 6.45) is 2.25. The number of aliphatic hydroxyl groups is 1. The lowest BCUT2D eigenvalue weighted by molar-refractivity contribution is 0.286. The van der Waals surface area contributed by atoms with Gasteiger partial charge in [-0.05, 0) is 30.9 Å². The maximum absolute atomic E-state index is 8.86. The van der Waals surface area contributed by atoms with E-state index in [1.807, 2.05) is 0 Å². The molecule has 1 unspecified atom stereocenters. The first-order chi connectivity index (χ1) is 8.76. The van der Waals surface area contributed by atoms with Gasteiger partial charge in [-0.2, -0.15) is 0 Å². The third-order valence-corrected chi connectivity index (χ3v) is 3.75. The molecule has 0 aliphatic carbocycles. The van der Waals surface area contributed by atoms with Gasteiger partial charge in [0.05, 0.1) is 6.61 Å². The van der Waals surface area contributed by atoms with Gasteiger partial charge in [0.15, 0.2) is 0 Å². The molecule has 1 heterocycles. The van der Waals surface area contributed by atoms with E-state index >= 15 is 0 Å². The van der Waals surface area contributed by atoms with Crippen molar-refractivity contribution in [1.82, 2.24) is 5.32 Å². The summed E-state index contributed by atoms with van der Waals surface area (Å²) in [5, 5.41) is 12.3. The number of rotatable bonds is 5. The molecule has 100 valence electrons. The van der Waals surface area contributed by atoms with Crippen LogP contribution in [0, 0.1) is 6.92 Å². The first kappa shape index (κ1) is 13.4. The smallest absolute Gasteiger partial charge is 0.0556 e. The second-order valence-corrected chi connectivity index (χ2v) is 5.05. The van der Waals surface area contributed by atoms with Gasteiger partial charge in [0.25, 0.3) is 0 Å². The van der Waals surface area contributed by atoms with E-state index in [0.29, 0.717) is 12.6 Å². The van der Waals surface area contributed by atoms with Crippen LogP contribution in [0.4, 0.5) is 5.69 Å². The highest BCUT2D eigenvalue weighted by atomic mass is 16.3. The zero-order valence-corrected chi connectivity index (χ0v) is 11.4. The number of para-hydroxylation sites is 1. The average Bonchev–Trinajstić information content (AvgIpc) is 2.84. The predicted octanol–water partition coefficient (Wildman–Crippen LogP) is 1.72. The molecule has 0 saturated carbocycles. The van der Waals surface area contributed by atoms with Crippen molar-refractivity contribution < 1.29 is 5.11 Å². The number of nitrogens with one attached hydrogen (secondary N) is 1. The SMILES string of the molecule is CCc1cccc(C)c1N1CCC(NCCO)C1. The molecule has 3 heteroatoms. The van der Waals surface area contributed by atoms with Crippen LogP contribution < -0.4 is 10.2 Å². The van der Waals surface area contributed by atoms with E-state index in [2.05, 4.69) is 42.3 Å². The Hall–Kier alpha value is -1.06. The van der Waals surface area contributed by atoms with Crippen molar-refractivity contribution in [3.63, 3.8) is 0 Å². The first-order valence-corrected chi connectivity index (χ1v) is 6.94. The highest BCUT2D eigenvalue weighted by molar-refractivity contribution is 5.60. The highest BCUT2D eigenvalue weighted by Crippen LogP contribution is 2.28. The van der Waals surface area contributed by atoms with E-state index in [4.69, 9.17) is 5.11 Å². The van der Waals surface area contributed by atoms with Gasteiger partial charge in [0, 0.05) is 31.4 Å². The number of anilines is 1. The summed E-state index contributed by atoms with van der Waals surface area (Å²) < 4.78 is 0. The minimum Gasteiger partial charge on any atom is -0.395 e. The van der Waals surface area contributed by atoms with Gasteiger partial charge in [0.1, 0.15) is 0 Å². The normalized spacial score (nSPS) is 19.5. The van der Waals surface area contributed by atoms with Gasteiger partial charge in [-0.1, -0.05) is 25.1 Å². The number of aliphatic hydroxyl groups excluding tert-OH is 1. The van der Waals surface area contributed by atoms with Crippen LogP contribution in [0.25, 0.3) is 0 Å². The highest BCUT2D eigenvalue weighted by Gasteiger charge is 2.24. The zero-order valence-electron chi connectivity index (χ0n) is 11.4. The molecule has 18 heavy (non-hydrogen) atoms. The van der Waals surface area contributed by atoms with Crippen molar-refractivity contribution in [1.29, 1.82) is 0 Å². The molecule has 0 radical (unpaired) electrons. The minimum atomic E-state index is 0.223. The molecule has 1 fully saturated rings. The van der Waals surface area contributed by atoms with Crippen LogP contribution in [0.1, 0.15) is 24.5 Å². The van der Waals surface area contributed by atoms with Crippen LogP contribution in [0.3, 0.4) is 0 Å². The van der Waals surface area contributed by atoms with E-state index in [-0.39, 0.29) is 6.61 Å². The van der Waals surface area contributed by atoms with E-state index in [9.17, 15) is 0 Å². The fourth-order valence-corrected chi connectivity index (χ4v) is 2.86. The summed E-state index contributed by atoms with van der Waals surface area (Å²) in [7, 11) is 0. The molecule has 1 aliphatic rings. The predicted molar refractivity (Wildman–Crippen MR) is 76.3 cm³/mol. The third kappa shape index (κ3) is 2.85. The number of aryl methyl sites for hydroxylation is 2. The molecular formula is C15H24N2O. The third-order valence-electron chi connectivity index (χ3n) is 3.75. The number of hydrogen-bond donors (Lipinski definition) is 2. The summed E-state index contributed by atoms with van der Waals surface area (Å²) in [4.78, 5) is 2.49. The largest absolute Gasteiger partial charge is 0.395 e. The monoisotopic (exact) mass is 248 g/mol. The van der Waals surface area contributed by atoms with Crippen LogP contribution in [-0.2, 0) is 6.42 Å². The van der Waals surface area contributed by atoms with Gasteiger partial charge in [-0.3, -0.25) is 0 Å². The second kappa shape index (κ2) is 6.21. The van der Waals surface area contributed by atoms with Crippen molar-refractivity contribution in [3.8, 4) is 0 Å². The van der Waals surface area contributed by atoms with Gasteiger partial charge < -0.3 is 15.3 Å². The molecule has 0 spiro atoms. The van der Waals surface area contributed by atoms with Crippen LogP contribution in [0.5, 0.6) is 0 Å². The Labute approximate surface area is 110 Å². The quantitative estimate of drug-likeness (QED) is 0.833. The zero-order chi connectivity index (χ0) is 13.0. The molecule has 1 aromatic rings. The minimum absolute atomic E-state index is 0.223. The maximum atomic E-state index is 8.86. The lowest BCUT2D eigenvalue weighted by atomic mass is 10.0. The molecule has 0 bridgehead atoms. The molecule has 2 rings (SSSR count). The van der Waals surface area contributed by atoms with Gasteiger partial charge in [-0.15, -0.1) is 0 Å². The molecule has 1 atom stereocenters. The van der Waals surface area contributed by atoms with Crippen LogP contribution in [0.15, 0.2) is 18.2 Å². The molecule has 0 aromatic heterocycles. The standard InChI is InChI=1S/C15H24N2O/c1-3-13-6-4-5-12(2)15(13)17-9-7-14(11-17)16-8-10-18/h4-6,14,16,18H,3,7-11H2,1-2H3. The van der Waals surface area contributed by atoms with Crippen molar-refractivity contribution in [2.45, 2.75) is 32.7 Å². The molecule has 0 amide bonds. The number of nitrogens with zero attached hydrogens (tertiary/aromatic N) is 1. The Morgan fingerprint density at radius 1 is 1.44 bits per heavy atom. The molecule has 3 nitrogen and oxygen atoms in total. The lowest BCUT2D eigenvalue weighted by Gasteiger charge is -2.24. The van der Waals surface area contributed by atoms with Crippen molar-refractivity contribution in [2.24, 2.45) is 0 Å². The lowest BCUT2D eigenvalue weighted by Crippen LogP contribution is -2.34. The van der Waals surface area contributed by atoms with Gasteiger partial charge >= 0.3 is 0 Å². The summed E-state index contributed by atoms with van der Waals surface area (Å²) >= 11 is 0. The van der Waals surface area contributed by atoms with Crippen molar-refractivity contribution >= 4 is 5.69 Å². The van der Waals surface area contributed by atoms with E-state index < -0.39 is 0 Å². The summed E-state index contributed by atoms with van der Waals surface area (Å²) in [6, 6.07) is 7.09. The Bertz CT molecular complexity index is 392. The summed E-state index contributed by atoms with van der Waals surface area (Å²) in [5.74, 6) is 0. The fourth-order valence-electron chi connectivity index (χ4n) is 2.86. The topological polar surface area (TPSA) is 35.5 Å². The molecular weight excluding hydrogens is 224 g/mol. The van der Waals surface area contributed by atoms with E-state index in [0.717, 1.165) is 25.9 Å². The Balaban J connectivity index is 2.09. The average molecular weight is 248 g/mol. The molecule has 1 aromatic carbocycles. The number of benzene rings is 1. The van der Waals surface area contributed by atoms with Gasteiger partial charge in [0.2, 0.25) is 0 Å². The van der Waals surface area contributed by atoms with Crippen molar-refractivity contribution in [3.05, 3.63) is 29.3 Å². The summed E-state index contributed by atoms with van der Waals surface area (Å²) in [6.45, 7) is 7.51.